The standard InChI is InChI=1S/C15H16O2/c1-16-14-9-8-13(11-15(14)17-2)10-12-6-4-3-5-7-12/h3-9,11H,10H2,1-2H3. The van der Waals surface area contributed by atoms with Crippen molar-refractivity contribution < 1.29 is 9.47 Å². The Bertz CT molecular complexity index is 478. The SMILES string of the molecule is COc1ccc(Cc2ccccc2)cc1OC. The number of rotatable bonds is 4. The third-order valence-electron chi connectivity index (χ3n) is 2.70. The molecule has 0 heterocycles. The van der Waals surface area contributed by atoms with Crippen molar-refractivity contribution in [3.8, 4) is 11.5 Å². The maximum absolute atomic E-state index is 5.29. The lowest BCUT2D eigenvalue weighted by Crippen LogP contribution is -1.93. The summed E-state index contributed by atoms with van der Waals surface area (Å²) in [7, 11) is 3.30. The van der Waals surface area contributed by atoms with E-state index in [4.69, 9.17) is 9.47 Å². The molecule has 0 bridgehead atoms. The van der Waals surface area contributed by atoms with Gasteiger partial charge in [0.25, 0.3) is 0 Å². The molecule has 0 amide bonds. The van der Waals surface area contributed by atoms with E-state index in [1.165, 1.54) is 11.1 Å². The third kappa shape index (κ3) is 2.78. The van der Waals surface area contributed by atoms with E-state index in [-0.39, 0.29) is 0 Å². The summed E-state index contributed by atoms with van der Waals surface area (Å²) in [5.41, 5.74) is 2.51. The second-order valence-electron chi connectivity index (χ2n) is 3.85. The maximum Gasteiger partial charge on any atom is 0.160 e. The third-order valence-corrected chi connectivity index (χ3v) is 2.70. The first-order valence-electron chi connectivity index (χ1n) is 5.58. The van der Waals surface area contributed by atoms with Crippen LogP contribution < -0.4 is 9.47 Å². The van der Waals surface area contributed by atoms with Crippen LogP contribution in [0.1, 0.15) is 11.1 Å². The molecule has 0 N–H and O–H groups in total. The Balaban J connectivity index is 2.22. The van der Waals surface area contributed by atoms with Gasteiger partial charge in [-0.25, -0.2) is 0 Å². The van der Waals surface area contributed by atoms with Crippen molar-refractivity contribution in [3.63, 3.8) is 0 Å². The molecule has 0 spiro atoms. The average molecular weight is 228 g/mol. The predicted molar refractivity (Wildman–Crippen MR) is 68.8 cm³/mol. The van der Waals surface area contributed by atoms with Crippen LogP contribution in [0, 0.1) is 0 Å². The average Bonchev–Trinajstić information content (AvgIpc) is 2.40. The van der Waals surface area contributed by atoms with E-state index in [0.717, 1.165) is 17.9 Å². The zero-order valence-corrected chi connectivity index (χ0v) is 10.1. The van der Waals surface area contributed by atoms with Gasteiger partial charge in [-0.2, -0.15) is 0 Å². The van der Waals surface area contributed by atoms with E-state index in [1.54, 1.807) is 14.2 Å². The zero-order chi connectivity index (χ0) is 12.1. The molecule has 2 aromatic rings. The first-order valence-corrected chi connectivity index (χ1v) is 5.58. The molecule has 2 aromatic carbocycles. The van der Waals surface area contributed by atoms with Crippen LogP contribution in [0.3, 0.4) is 0 Å². The van der Waals surface area contributed by atoms with Gasteiger partial charge in [-0.3, -0.25) is 0 Å². The van der Waals surface area contributed by atoms with Gasteiger partial charge in [0.05, 0.1) is 14.2 Å². The van der Waals surface area contributed by atoms with Gasteiger partial charge in [0.15, 0.2) is 11.5 Å². The molecule has 0 fully saturated rings. The Morgan fingerprint density at radius 1 is 0.765 bits per heavy atom. The van der Waals surface area contributed by atoms with Gasteiger partial charge in [-0.15, -0.1) is 0 Å². The molecule has 0 unspecified atom stereocenters. The summed E-state index contributed by atoms with van der Waals surface area (Å²) in [6.45, 7) is 0. The highest BCUT2D eigenvalue weighted by atomic mass is 16.5. The fourth-order valence-electron chi connectivity index (χ4n) is 1.82. The van der Waals surface area contributed by atoms with Gasteiger partial charge >= 0.3 is 0 Å². The van der Waals surface area contributed by atoms with Gasteiger partial charge in [0.1, 0.15) is 0 Å². The summed E-state index contributed by atoms with van der Waals surface area (Å²) in [5, 5.41) is 0. The monoisotopic (exact) mass is 228 g/mol. The van der Waals surface area contributed by atoms with Gasteiger partial charge in [0, 0.05) is 0 Å². The Morgan fingerprint density at radius 2 is 1.47 bits per heavy atom. The van der Waals surface area contributed by atoms with Crippen LogP contribution in [0.5, 0.6) is 11.5 Å². The van der Waals surface area contributed by atoms with Crippen molar-refractivity contribution in [2.24, 2.45) is 0 Å². The minimum Gasteiger partial charge on any atom is -0.493 e. The molecule has 2 nitrogen and oxygen atoms in total. The minimum absolute atomic E-state index is 0.768. The van der Waals surface area contributed by atoms with E-state index in [1.807, 2.05) is 18.2 Å². The number of ether oxygens (including phenoxy) is 2. The molecule has 17 heavy (non-hydrogen) atoms. The molecule has 0 saturated carbocycles. The molecule has 0 aromatic heterocycles. The second kappa shape index (κ2) is 5.39. The molecule has 88 valence electrons. The van der Waals surface area contributed by atoms with Crippen LogP contribution in [0.4, 0.5) is 0 Å². The summed E-state index contributed by atoms with van der Waals surface area (Å²) >= 11 is 0. The smallest absolute Gasteiger partial charge is 0.160 e. The van der Waals surface area contributed by atoms with Crippen molar-refractivity contribution >= 4 is 0 Å². The van der Waals surface area contributed by atoms with E-state index >= 15 is 0 Å². The summed E-state index contributed by atoms with van der Waals surface area (Å²) in [6, 6.07) is 16.4. The van der Waals surface area contributed by atoms with Gasteiger partial charge in [-0.05, 0) is 29.7 Å². The normalized spacial score (nSPS) is 10.0. The minimum atomic E-state index is 0.768. The highest BCUT2D eigenvalue weighted by Gasteiger charge is 2.04. The molecule has 2 heteroatoms. The second-order valence-corrected chi connectivity index (χ2v) is 3.85. The van der Waals surface area contributed by atoms with E-state index < -0.39 is 0 Å². The van der Waals surface area contributed by atoms with Gasteiger partial charge in [0.2, 0.25) is 0 Å². The lowest BCUT2D eigenvalue weighted by Gasteiger charge is -2.09. The molecule has 0 aliphatic rings. The van der Waals surface area contributed by atoms with Crippen molar-refractivity contribution in [1.82, 2.24) is 0 Å². The molecule has 0 saturated heterocycles. The summed E-state index contributed by atoms with van der Waals surface area (Å²) < 4.78 is 10.5. The quantitative estimate of drug-likeness (QED) is 0.799. The van der Waals surface area contributed by atoms with Crippen LogP contribution in [0.15, 0.2) is 48.5 Å². The first-order chi connectivity index (χ1) is 8.33. The Morgan fingerprint density at radius 3 is 2.12 bits per heavy atom. The Kier molecular flexibility index (Phi) is 3.66. The van der Waals surface area contributed by atoms with Crippen molar-refractivity contribution in [3.05, 3.63) is 59.7 Å². The highest BCUT2D eigenvalue weighted by Crippen LogP contribution is 2.28. The van der Waals surface area contributed by atoms with Gasteiger partial charge < -0.3 is 9.47 Å². The molecule has 0 radical (unpaired) electrons. The fraction of sp³-hybridized carbons (Fsp3) is 0.200. The number of hydrogen-bond donors (Lipinski definition) is 0. The number of benzene rings is 2. The summed E-state index contributed by atoms with van der Waals surface area (Å²) in [4.78, 5) is 0. The predicted octanol–water partition coefficient (Wildman–Crippen LogP) is 3.29. The molecule has 0 atom stereocenters. The van der Waals surface area contributed by atoms with Crippen LogP contribution in [0.25, 0.3) is 0 Å². The zero-order valence-electron chi connectivity index (χ0n) is 10.1. The summed E-state index contributed by atoms with van der Waals surface area (Å²) in [5.74, 6) is 1.55. The first kappa shape index (κ1) is 11.5. The lowest BCUT2D eigenvalue weighted by atomic mass is 10.0. The van der Waals surface area contributed by atoms with Gasteiger partial charge in [-0.1, -0.05) is 36.4 Å². The molecule has 0 aliphatic carbocycles. The summed E-state index contributed by atoms with van der Waals surface area (Å²) in [6.07, 6.45) is 0.904. The van der Waals surface area contributed by atoms with Crippen molar-refractivity contribution in [1.29, 1.82) is 0 Å². The van der Waals surface area contributed by atoms with Crippen molar-refractivity contribution in [2.75, 3.05) is 14.2 Å². The van der Waals surface area contributed by atoms with E-state index in [2.05, 4.69) is 30.3 Å². The van der Waals surface area contributed by atoms with Crippen LogP contribution in [-0.4, -0.2) is 14.2 Å². The molecule has 0 aliphatic heterocycles. The molecular weight excluding hydrogens is 212 g/mol. The number of hydrogen-bond acceptors (Lipinski definition) is 2. The van der Waals surface area contributed by atoms with Crippen LogP contribution >= 0.6 is 0 Å². The van der Waals surface area contributed by atoms with Crippen LogP contribution in [-0.2, 0) is 6.42 Å². The van der Waals surface area contributed by atoms with E-state index in [9.17, 15) is 0 Å². The maximum atomic E-state index is 5.29. The Labute approximate surface area is 102 Å². The fourth-order valence-corrected chi connectivity index (χ4v) is 1.82. The van der Waals surface area contributed by atoms with Crippen LogP contribution in [0.2, 0.25) is 0 Å². The largest absolute Gasteiger partial charge is 0.493 e. The highest BCUT2D eigenvalue weighted by molar-refractivity contribution is 5.44. The lowest BCUT2D eigenvalue weighted by molar-refractivity contribution is 0.354. The number of methoxy groups -OCH3 is 2. The van der Waals surface area contributed by atoms with Crippen molar-refractivity contribution in [2.45, 2.75) is 6.42 Å². The molecular formula is C15H16O2. The van der Waals surface area contributed by atoms with E-state index in [0.29, 0.717) is 0 Å². The molecule has 2 rings (SSSR count). The Hall–Kier alpha value is -1.96. The topological polar surface area (TPSA) is 18.5 Å².